The molecule has 0 N–H and O–H groups in total. The van der Waals surface area contributed by atoms with E-state index in [4.69, 9.17) is 0 Å². The quantitative estimate of drug-likeness (QED) is 0.230. The zero-order valence-corrected chi connectivity index (χ0v) is 33.1. The fourth-order valence-corrected chi connectivity index (χ4v) is 10.5. The molecule has 0 saturated heterocycles. The fraction of sp³-hybridized carbons (Fsp3) is 0. The molecule has 11 aromatic rings. The van der Waals surface area contributed by atoms with Crippen LogP contribution in [0.1, 0.15) is 0 Å². The normalized spacial score (nSPS) is 11.9. The van der Waals surface area contributed by atoms with E-state index in [9.17, 15) is 0 Å². The minimum absolute atomic E-state index is 1.16. The lowest BCUT2D eigenvalue weighted by Gasteiger charge is -2.22. The first-order valence-electron chi connectivity index (χ1n) is 19.5. The second-order valence-corrected chi connectivity index (χ2v) is 16.6. The Labute approximate surface area is 334 Å². The summed E-state index contributed by atoms with van der Waals surface area (Å²) in [4.78, 5) is 0. The summed E-state index contributed by atoms with van der Waals surface area (Å²) in [6, 6.07) is 56.3. The molecular formula is C48H35B5N2S. The van der Waals surface area contributed by atoms with Gasteiger partial charge < -0.3 is 9.13 Å². The van der Waals surface area contributed by atoms with Crippen LogP contribution in [-0.4, -0.2) is 48.4 Å². The molecule has 3 aromatic heterocycles. The van der Waals surface area contributed by atoms with Crippen LogP contribution >= 0.6 is 11.3 Å². The molecule has 3 heterocycles. The molecule has 8 aromatic carbocycles. The van der Waals surface area contributed by atoms with Crippen LogP contribution < -0.4 is 27.3 Å². The summed E-state index contributed by atoms with van der Waals surface area (Å²) in [5, 5.41) is 7.78. The van der Waals surface area contributed by atoms with Gasteiger partial charge in [-0.25, -0.2) is 0 Å². The van der Waals surface area contributed by atoms with E-state index in [-0.39, 0.29) is 0 Å². The highest BCUT2D eigenvalue weighted by atomic mass is 32.1. The summed E-state index contributed by atoms with van der Waals surface area (Å²) >= 11 is 1.91. The van der Waals surface area contributed by atoms with Crippen molar-refractivity contribution in [2.75, 3.05) is 0 Å². The van der Waals surface area contributed by atoms with Crippen molar-refractivity contribution in [3.8, 4) is 33.6 Å². The highest BCUT2D eigenvalue weighted by Crippen LogP contribution is 2.44. The molecule has 0 aliphatic heterocycles. The Bertz CT molecular complexity index is 3330. The summed E-state index contributed by atoms with van der Waals surface area (Å²) in [5.74, 6) is 0. The van der Waals surface area contributed by atoms with Crippen molar-refractivity contribution in [2.45, 2.75) is 0 Å². The third kappa shape index (κ3) is 4.82. The number of hydrogen-bond donors (Lipinski definition) is 0. The van der Waals surface area contributed by atoms with Gasteiger partial charge in [0.05, 0.1) is 22.1 Å². The van der Waals surface area contributed by atoms with Gasteiger partial charge in [-0.2, -0.15) is 0 Å². The standard InChI is InChI=1S/C48H35B5N2S/c49-43-44(50)46(52)48(47(53)45(43)51)55-38-18-10-8-16-32(38)34-23-36-35-22-33-31-15-7-9-17-37(31)54(39(33)24-41(35)56-42(36)25-40(34)55)30-20-28(26-11-3-1-4-12-26)19-29(21-30)27-13-5-2-6-14-27/h1-25H,49-53H2. The van der Waals surface area contributed by atoms with Crippen LogP contribution in [0, 0.1) is 0 Å². The average Bonchev–Trinajstić information content (AvgIpc) is 3.87. The van der Waals surface area contributed by atoms with Gasteiger partial charge in [-0.15, -0.1) is 16.8 Å². The number of hydrogen-bond acceptors (Lipinski definition) is 1. The van der Waals surface area contributed by atoms with Crippen LogP contribution in [0.25, 0.3) is 97.4 Å². The number of thiophene rings is 1. The largest absolute Gasteiger partial charge is 0.310 e. The summed E-state index contributed by atoms with van der Waals surface area (Å²) in [6.07, 6.45) is 0. The topological polar surface area (TPSA) is 9.86 Å². The highest BCUT2D eigenvalue weighted by molar-refractivity contribution is 7.26. The molecule has 56 heavy (non-hydrogen) atoms. The molecule has 8 heteroatoms. The maximum Gasteiger partial charge on any atom is 0.141 e. The van der Waals surface area contributed by atoms with E-state index in [0.717, 1.165) is 5.69 Å². The van der Waals surface area contributed by atoms with E-state index in [1.807, 2.05) is 11.3 Å². The van der Waals surface area contributed by atoms with Crippen molar-refractivity contribution in [3.05, 3.63) is 152 Å². The number of para-hydroxylation sites is 2. The summed E-state index contributed by atoms with van der Waals surface area (Å²) in [5.41, 5.74) is 19.1. The molecular weight excluding hydrogens is 691 g/mol. The van der Waals surface area contributed by atoms with Crippen LogP contribution in [0.15, 0.2) is 152 Å². The van der Waals surface area contributed by atoms with E-state index < -0.39 is 0 Å². The SMILES string of the molecule is Bc1c(B)c(B)c(-n2c3ccccc3c3cc4c(cc32)sc2cc3c(cc24)c2ccccc2n3-c2cc(-c3ccccc3)cc(-c3ccccc3)c2)c(B)c1B. The lowest BCUT2D eigenvalue weighted by atomic mass is 9.61. The average molecular weight is 726 g/mol. The van der Waals surface area contributed by atoms with Crippen molar-refractivity contribution >= 4 is 142 Å². The molecule has 11 rings (SSSR count). The van der Waals surface area contributed by atoms with Crippen LogP contribution in [0.3, 0.4) is 0 Å². The van der Waals surface area contributed by atoms with Gasteiger partial charge in [0.25, 0.3) is 0 Å². The Hall–Kier alpha value is -6.10. The fourth-order valence-electron chi connectivity index (χ4n) is 9.37. The third-order valence-corrected chi connectivity index (χ3v) is 13.7. The second kappa shape index (κ2) is 12.5. The van der Waals surface area contributed by atoms with E-state index in [0.29, 0.717) is 0 Å². The van der Waals surface area contributed by atoms with E-state index in [1.165, 1.54) is 119 Å². The molecule has 0 radical (unpaired) electrons. The van der Waals surface area contributed by atoms with Gasteiger partial charge in [-0.05, 0) is 76.9 Å². The molecule has 0 aliphatic rings. The van der Waals surface area contributed by atoms with Gasteiger partial charge in [0.1, 0.15) is 39.2 Å². The summed E-state index contributed by atoms with van der Waals surface area (Å²) in [7, 11) is 11.4. The van der Waals surface area contributed by atoms with E-state index in [2.05, 4.69) is 200 Å². The maximum atomic E-state index is 2.54. The zero-order chi connectivity index (χ0) is 37.8. The second-order valence-electron chi connectivity index (χ2n) is 15.5. The van der Waals surface area contributed by atoms with Gasteiger partial charge in [0.15, 0.2) is 0 Å². The Morgan fingerprint density at radius 2 is 0.750 bits per heavy atom. The van der Waals surface area contributed by atoms with Gasteiger partial charge in [-0.3, -0.25) is 0 Å². The first kappa shape index (κ1) is 33.3. The minimum Gasteiger partial charge on any atom is -0.310 e. The van der Waals surface area contributed by atoms with Gasteiger partial charge in [0, 0.05) is 53.1 Å². The molecule has 2 nitrogen and oxygen atoms in total. The molecule has 0 saturated carbocycles. The number of aromatic nitrogens is 2. The lowest BCUT2D eigenvalue weighted by Crippen LogP contribution is -2.56. The predicted molar refractivity (Wildman–Crippen MR) is 260 cm³/mol. The van der Waals surface area contributed by atoms with Crippen molar-refractivity contribution in [1.29, 1.82) is 0 Å². The molecule has 258 valence electrons. The molecule has 0 spiro atoms. The number of fused-ring (bicyclic) bond motifs is 9. The minimum atomic E-state index is 1.16. The highest BCUT2D eigenvalue weighted by Gasteiger charge is 2.21. The molecule has 0 bridgehead atoms. The maximum absolute atomic E-state index is 2.54. The molecule has 0 aliphatic carbocycles. The third-order valence-electron chi connectivity index (χ3n) is 12.6. The van der Waals surface area contributed by atoms with E-state index >= 15 is 0 Å². The predicted octanol–water partition coefficient (Wildman–Crippen LogP) is 4.87. The number of nitrogens with zero attached hydrogens (tertiary/aromatic N) is 2. The number of benzene rings is 8. The molecule has 0 unspecified atom stereocenters. The Morgan fingerprint density at radius 3 is 1.27 bits per heavy atom. The van der Waals surface area contributed by atoms with Gasteiger partial charge >= 0.3 is 0 Å². The first-order chi connectivity index (χ1) is 27.4. The molecule has 0 atom stereocenters. The van der Waals surface area contributed by atoms with Crippen LogP contribution in [0.2, 0.25) is 0 Å². The molecule has 0 fully saturated rings. The van der Waals surface area contributed by atoms with Crippen LogP contribution in [0.5, 0.6) is 0 Å². The van der Waals surface area contributed by atoms with Crippen molar-refractivity contribution in [1.82, 2.24) is 9.13 Å². The van der Waals surface area contributed by atoms with Crippen molar-refractivity contribution in [3.63, 3.8) is 0 Å². The van der Waals surface area contributed by atoms with Gasteiger partial charge in [0.2, 0.25) is 0 Å². The lowest BCUT2D eigenvalue weighted by molar-refractivity contribution is 1.18. The zero-order valence-electron chi connectivity index (χ0n) is 32.2. The Balaban J connectivity index is 1.20. The number of rotatable bonds is 4. The Morgan fingerprint density at radius 1 is 0.321 bits per heavy atom. The Kier molecular flexibility index (Phi) is 7.40. The first-order valence-corrected chi connectivity index (χ1v) is 20.3. The molecule has 0 amide bonds. The smallest absolute Gasteiger partial charge is 0.141 e. The van der Waals surface area contributed by atoms with Crippen LogP contribution in [0.4, 0.5) is 0 Å². The van der Waals surface area contributed by atoms with E-state index in [1.54, 1.807) is 0 Å². The van der Waals surface area contributed by atoms with Gasteiger partial charge in [-0.1, -0.05) is 119 Å². The van der Waals surface area contributed by atoms with Crippen LogP contribution in [-0.2, 0) is 0 Å². The van der Waals surface area contributed by atoms with Crippen molar-refractivity contribution < 1.29 is 0 Å². The monoisotopic (exact) mass is 726 g/mol. The van der Waals surface area contributed by atoms with Crippen molar-refractivity contribution in [2.24, 2.45) is 0 Å². The summed E-state index contributed by atoms with van der Waals surface area (Å²) < 4.78 is 7.64. The summed E-state index contributed by atoms with van der Waals surface area (Å²) in [6.45, 7) is 0.